The summed E-state index contributed by atoms with van der Waals surface area (Å²) >= 11 is 0. The van der Waals surface area contributed by atoms with Gasteiger partial charge in [0.1, 0.15) is 0 Å². The molecule has 0 radical (unpaired) electrons. The summed E-state index contributed by atoms with van der Waals surface area (Å²) in [5.74, 6) is 0.0981. The monoisotopic (exact) mass is 270 g/mol. The van der Waals surface area contributed by atoms with Crippen molar-refractivity contribution in [1.82, 2.24) is 0 Å². The van der Waals surface area contributed by atoms with Crippen molar-refractivity contribution < 1.29 is 15.0 Å². The van der Waals surface area contributed by atoms with Crippen LogP contribution in [0.1, 0.15) is 72.6 Å². The third-order valence-corrected chi connectivity index (χ3v) is 5.74. The maximum atomic E-state index is 9.87. The summed E-state index contributed by atoms with van der Waals surface area (Å²) in [5, 5.41) is 18.0. The van der Waals surface area contributed by atoms with E-state index in [1.54, 1.807) is 0 Å². The topological polar surface area (TPSA) is 57.5 Å². The minimum atomic E-state index is -0.682. The Labute approximate surface area is 117 Å². The predicted octanol–water partition coefficient (Wildman–Crippen LogP) is 3.84. The highest BCUT2D eigenvalue weighted by Crippen LogP contribution is 2.65. The Hall–Kier alpha value is -0.570. The lowest BCUT2D eigenvalue weighted by molar-refractivity contribution is -0.137. The van der Waals surface area contributed by atoms with E-state index in [9.17, 15) is 9.90 Å². The number of aliphatic hydroxyl groups is 1. The van der Waals surface area contributed by atoms with Crippen molar-refractivity contribution >= 4 is 5.97 Å². The van der Waals surface area contributed by atoms with Crippen molar-refractivity contribution in [2.45, 2.75) is 78.7 Å². The highest BCUT2D eigenvalue weighted by Gasteiger charge is 2.60. The van der Waals surface area contributed by atoms with Gasteiger partial charge in [-0.3, -0.25) is 4.79 Å². The molecule has 0 saturated heterocycles. The van der Waals surface area contributed by atoms with E-state index >= 15 is 0 Å². The molecular weight excluding hydrogens is 240 g/mol. The highest BCUT2D eigenvalue weighted by atomic mass is 16.4. The largest absolute Gasteiger partial charge is 0.481 e. The normalized spacial score (nSPS) is 34.8. The number of carbonyl (C=O) groups is 1. The van der Waals surface area contributed by atoms with Crippen LogP contribution in [0.3, 0.4) is 0 Å². The van der Waals surface area contributed by atoms with Gasteiger partial charge >= 0.3 is 5.97 Å². The summed E-state index contributed by atoms with van der Waals surface area (Å²) in [6.07, 6.45) is 6.85. The van der Waals surface area contributed by atoms with Gasteiger partial charge in [0.15, 0.2) is 0 Å². The standard InChI is InChI=1S/C10H18O.C6H12O2/c1-9(2)7-4-5-10(9,3)8(11)6-7;1-2-3-4-5-6(7)8/h7-8,11H,4-6H2,1-3H3;2-5H2,1H3,(H,7,8)/t7-,8+,10-;/m1./s1. The Morgan fingerprint density at radius 2 is 1.89 bits per heavy atom. The number of unbranched alkanes of at least 4 members (excludes halogenated alkanes) is 2. The molecule has 2 aliphatic carbocycles. The van der Waals surface area contributed by atoms with Crippen LogP contribution in [0.25, 0.3) is 0 Å². The zero-order valence-corrected chi connectivity index (χ0v) is 12.9. The van der Waals surface area contributed by atoms with Crippen molar-refractivity contribution in [3.63, 3.8) is 0 Å². The first-order valence-electron chi connectivity index (χ1n) is 7.65. The molecule has 0 aromatic heterocycles. The molecule has 3 atom stereocenters. The lowest BCUT2D eigenvalue weighted by atomic mass is 9.70. The molecule has 2 fully saturated rings. The third kappa shape index (κ3) is 3.31. The summed E-state index contributed by atoms with van der Waals surface area (Å²) in [6.45, 7) is 8.95. The Balaban J connectivity index is 0.000000203. The molecular formula is C16H30O3. The highest BCUT2D eigenvalue weighted by molar-refractivity contribution is 5.66. The van der Waals surface area contributed by atoms with Crippen LogP contribution >= 0.6 is 0 Å². The van der Waals surface area contributed by atoms with Crippen molar-refractivity contribution in [2.75, 3.05) is 0 Å². The Morgan fingerprint density at radius 3 is 2.16 bits per heavy atom. The molecule has 0 spiro atoms. The molecule has 2 saturated carbocycles. The van der Waals surface area contributed by atoms with Gasteiger partial charge in [-0.15, -0.1) is 0 Å². The molecule has 0 aromatic carbocycles. The third-order valence-electron chi connectivity index (χ3n) is 5.74. The van der Waals surface area contributed by atoms with Crippen LogP contribution in [0, 0.1) is 16.7 Å². The SMILES string of the molecule is CC1(C)[C@@H]2CC[C@]1(C)[C@@H](O)C2.CCCCCC(=O)O. The fraction of sp³-hybridized carbons (Fsp3) is 0.938. The first-order chi connectivity index (χ1) is 8.75. The number of fused-ring (bicyclic) bond motifs is 2. The van der Waals surface area contributed by atoms with E-state index in [0.717, 1.165) is 31.6 Å². The van der Waals surface area contributed by atoms with Crippen LogP contribution in [-0.2, 0) is 4.79 Å². The van der Waals surface area contributed by atoms with E-state index in [0.29, 0.717) is 11.8 Å². The van der Waals surface area contributed by atoms with Gasteiger partial charge in [-0.05, 0) is 42.4 Å². The van der Waals surface area contributed by atoms with Gasteiger partial charge in [0, 0.05) is 6.42 Å². The molecule has 2 rings (SSSR count). The van der Waals surface area contributed by atoms with Crippen LogP contribution < -0.4 is 0 Å². The summed E-state index contributed by atoms with van der Waals surface area (Å²) in [5.41, 5.74) is 0.601. The van der Waals surface area contributed by atoms with Crippen LogP contribution in [0.4, 0.5) is 0 Å². The second-order valence-electron chi connectivity index (χ2n) is 6.98. The maximum absolute atomic E-state index is 9.87. The van der Waals surface area contributed by atoms with Crippen molar-refractivity contribution in [3.05, 3.63) is 0 Å². The first-order valence-corrected chi connectivity index (χ1v) is 7.65. The lowest BCUT2D eigenvalue weighted by Crippen LogP contribution is -2.35. The number of hydrogen-bond donors (Lipinski definition) is 2. The average molecular weight is 270 g/mol. The van der Waals surface area contributed by atoms with Gasteiger partial charge in [0.2, 0.25) is 0 Å². The summed E-state index contributed by atoms with van der Waals surface area (Å²) < 4.78 is 0. The van der Waals surface area contributed by atoms with Crippen molar-refractivity contribution in [3.8, 4) is 0 Å². The van der Waals surface area contributed by atoms with E-state index < -0.39 is 5.97 Å². The number of carboxylic acid groups (broad SMARTS) is 1. The van der Waals surface area contributed by atoms with Gasteiger partial charge in [0.25, 0.3) is 0 Å². The second-order valence-corrected chi connectivity index (χ2v) is 6.98. The van der Waals surface area contributed by atoms with E-state index in [-0.39, 0.29) is 11.5 Å². The molecule has 0 unspecified atom stereocenters. The molecule has 0 amide bonds. The first kappa shape index (κ1) is 16.5. The van der Waals surface area contributed by atoms with Gasteiger partial charge in [-0.2, -0.15) is 0 Å². The van der Waals surface area contributed by atoms with E-state index in [2.05, 4.69) is 27.7 Å². The van der Waals surface area contributed by atoms with Crippen molar-refractivity contribution in [2.24, 2.45) is 16.7 Å². The van der Waals surface area contributed by atoms with Gasteiger partial charge in [0.05, 0.1) is 6.10 Å². The number of hydrogen-bond acceptors (Lipinski definition) is 2. The number of carboxylic acids is 1. The molecule has 2 bridgehead atoms. The van der Waals surface area contributed by atoms with Gasteiger partial charge in [-0.1, -0.05) is 40.5 Å². The van der Waals surface area contributed by atoms with E-state index in [1.165, 1.54) is 12.8 Å². The predicted molar refractivity (Wildman–Crippen MR) is 77.0 cm³/mol. The minimum absolute atomic E-state index is 0.0313. The lowest BCUT2D eigenvalue weighted by Gasteiger charge is -2.36. The molecule has 0 aromatic rings. The average Bonchev–Trinajstić information content (AvgIpc) is 2.63. The van der Waals surface area contributed by atoms with E-state index in [1.807, 2.05) is 0 Å². The number of rotatable bonds is 4. The van der Waals surface area contributed by atoms with Crippen LogP contribution in [0.5, 0.6) is 0 Å². The number of aliphatic hydroxyl groups excluding tert-OH is 1. The summed E-state index contributed by atoms with van der Waals surface area (Å²) in [6, 6.07) is 0. The smallest absolute Gasteiger partial charge is 0.303 e. The summed E-state index contributed by atoms with van der Waals surface area (Å²) in [7, 11) is 0. The molecule has 3 nitrogen and oxygen atoms in total. The van der Waals surface area contributed by atoms with Crippen LogP contribution in [0.15, 0.2) is 0 Å². The quantitative estimate of drug-likeness (QED) is 0.763. The maximum Gasteiger partial charge on any atom is 0.303 e. The van der Waals surface area contributed by atoms with Gasteiger partial charge < -0.3 is 10.2 Å². The molecule has 19 heavy (non-hydrogen) atoms. The van der Waals surface area contributed by atoms with Gasteiger partial charge in [-0.25, -0.2) is 0 Å². The van der Waals surface area contributed by atoms with Crippen LogP contribution in [-0.4, -0.2) is 22.3 Å². The molecule has 2 aliphatic rings. The fourth-order valence-electron chi connectivity index (χ4n) is 3.69. The zero-order chi connectivity index (χ0) is 14.7. The second kappa shape index (κ2) is 6.25. The molecule has 112 valence electrons. The Kier molecular flexibility index (Phi) is 5.43. The molecule has 0 aliphatic heterocycles. The zero-order valence-electron chi connectivity index (χ0n) is 12.9. The molecule has 2 N–H and O–H groups in total. The summed E-state index contributed by atoms with van der Waals surface area (Å²) in [4.78, 5) is 9.87. The number of aliphatic carboxylic acids is 1. The molecule has 0 heterocycles. The minimum Gasteiger partial charge on any atom is -0.481 e. The molecule has 3 heteroatoms. The van der Waals surface area contributed by atoms with E-state index in [4.69, 9.17) is 5.11 Å². The Bertz CT molecular complexity index is 311. The Morgan fingerprint density at radius 1 is 1.26 bits per heavy atom. The van der Waals surface area contributed by atoms with Crippen LogP contribution in [0.2, 0.25) is 0 Å². The van der Waals surface area contributed by atoms with Crippen molar-refractivity contribution in [1.29, 1.82) is 0 Å². The fourth-order valence-corrected chi connectivity index (χ4v) is 3.69.